The van der Waals surface area contributed by atoms with Gasteiger partial charge in [-0.25, -0.2) is 0 Å². The van der Waals surface area contributed by atoms with Crippen molar-refractivity contribution >= 4 is 0 Å². The highest BCUT2D eigenvalue weighted by Crippen LogP contribution is 2.39. The number of nitrogens with zero attached hydrogens (tertiary/aromatic N) is 1. The molecule has 0 radical (unpaired) electrons. The molecule has 0 aromatic rings. The monoisotopic (exact) mass is 282 g/mol. The topological polar surface area (TPSA) is 29.3 Å². The van der Waals surface area contributed by atoms with Crippen molar-refractivity contribution in [3.05, 3.63) is 0 Å². The van der Waals surface area contributed by atoms with Gasteiger partial charge in [0.05, 0.1) is 0 Å². The summed E-state index contributed by atoms with van der Waals surface area (Å²) in [6.45, 7) is 16.5. The van der Waals surface area contributed by atoms with E-state index in [1.165, 1.54) is 38.6 Å². The van der Waals surface area contributed by atoms with Crippen LogP contribution in [0.15, 0.2) is 0 Å². The summed E-state index contributed by atoms with van der Waals surface area (Å²) in [6, 6.07) is 0.974. The smallest absolute Gasteiger partial charge is 0.0250 e. The quantitative estimate of drug-likeness (QED) is 0.787. The Kier molecular flexibility index (Phi) is 7.00. The van der Waals surface area contributed by atoms with Crippen LogP contribution in [-0.4, -0.2) is 30.1 Å². The predicted octanol–water partition coefficient (Wildman–Crippen LogP) is 4.29. The largest absolute Gasteiger partial charge is 0.326 e. The normalized spacial score (nSPS) is 28.4. The summed E-state index contributed by atoms with van der Waals surface area (Å²) in [5, 5.41) is 0. The highest BCUT2D eigenvalue weighted by atomic mass is 15.2. The molecule has 2 heteroatoms. The number of hydrogen-bond donors (Lipinski definition) is 1. The average Bonchev–Trinajstić information content (AvgIpc) is 2.40. The van der Waals surface area contributed by atoms with E-state index >= 15 is 0 Å². The molecule has 0 saturated heterocycles. The molecule has 2 N–H and O–H groups in total. The summed E-state index contributed by atoms with van der Waals surface area (Å²) in [6.07, 6.45) is 6.38. The minimum Gasteiger partial charge on any atom is -0.326 e. The Balaban J connectivity index is 2.73. The second-order valence-corrected chi connectivity index (χ2v) is 7.88. The van der Waals surface area contributed by atoms with Crippen molar-refractivity contribution in [2.45, 2.75) is 85.7 Å². The maximum Gasteiger partial charge on any atom is 0.0250 e. The number of likely N-dealkylation sites (N-methyl/N-ethyl adjacent to an activating group) is 1. The van der Waals surface area contributed by atoms with E-state index in [1.807, 2.05) is 0 Å². The first kappa shape index (κ1) is 18.0. The molecule has 0 spiro atoms. The van der Waals surface area contributed by atoms with Crippen molar-refractivity contribution in [2.75, 3.05) is 13.1 Å². The van der Waals surface area contributed by atoms with E-state index in [4.69, 9.17) is 5.73 Å². The van der Waals surface area contributed by atoms with E-state index in [1.54, 1.807) is 0 Å². The van der Waals surface area contributed by atoms with Gasteiger partial charge < -0.3 is 5.73 Å². The molecule has 1 aliphatic carbocycles. The molecule has 3 atom stereocenters. The molecule has 2 nitrogen and oxygen atoms in total. The summed E-state index contributed by atoms with van der Waals surface area (Å²) in [7, 11) is 0. The highest BCUT2D eigenvalue weighted by molar-refractivity contribution is 4.92. The van der Waals surface area contributed by atoms with Crippen molar-refractivity contribution in [2.24, 2.45) is 23.0 Å². The first-order chi connectivity index (χ1) is 9.33. The van der Waals surface area contributed by atoms with Crippen molar-refractivity contribution in [3.63, 3.8) is 0 Å². The summed E-state index contributed by atoms with van der Waals surface area (Å²) < 4.78 is 0. The van der Waals surface area contributed by atoms with Crippen LogP contribution >= 0.6 is 0 Å². The Morgan fingerprint density at radius 1 is 1.10 bits per heavy atom. The first-order valence-corrected chi connectivity index (χ1v) is 8.83. The molecule has 1 aliphatic rings. The molecule has 3 unspecified atom stereocenters. The van der Waals surface area contributed by atoms with Crippen LogP contribution in [0.4, 0.5) is 0 Å². The van der Waals surface area contributed by atoms with Gasteiger partial charge in [0.15, 0.2) is 0 Å². The van der Waals surface area contributed by atoms with Crippen LogP contribution in [0, 0.1) is 17.3 Å². The van der Waals surface area contributed by atoms with Crippen molar-refractivity contribution in [1.29, 1.82) is 0 Å². The second kappa shape index (κ2) is 7.79. The summed E-state index contributed by atoms with van der Waals surface area (Å²) in [5.74, 6) is 1.65. The molecule has 0 aromatic heterocycles. The van der Waals surface area contributed by atoms with Crippen LogP contribution in [0.1, 0.15) is 73.6 Å². The van der Waals surface area contributed by atoms with E-state index in [-0.39, 0.29) is 0 Å². The maximum atomic E-state index is 6.48. The van der Waals surface area contributed by atoms with Crippen LogP contribution in [0.2, 0.25) is 0 Å². The molecule has 1 fully saturated rings. The molecule has 20 heavy (non-hydrogen) atoms. The molecule has 0 bridgehead atoms. The third-order valence-electron chi connectivity index (χ3n) is 5.62. The molecule has 0 aromatic carbocycles. The van der Waals surface area contributed by atoms with Gasteiger partial charge >= 0.3 is 0 Å². The van der Waals surface area contributed by atoms with Gasteiger partial charge in [-0.2, -0.15) is 0 Å². The van der Waals surface area contributed by atoms with E-state index in [2.05, 4.69) is 46.4 Å². The SMILES string of the molecule is CCC(CC)CN(CC)C1CC(C(C)(C)C)CCC1N. The zero-order valence-corrected chi connectivity index (χ0v) is 14.8. The molecule has 120 valence electrons. The summed E-state index contributed by atoms with van der Waals surface area (Å²) in [4.78, 5) is 2.68. The van der Waals surface area contributed by atoms with E-state index in [0.29, 0.717) is 17.5 Å². The molecular weight excluding hydrogens is 244 g/mol. The van der Waals surface area contributed by atoms with Gasteiger partial charge in [-0.3, -0.25) is 4.90 Å². The fraction of sp³-hybridized carbons (Fsp3) is 1.00. The molecule has 0 amide bonds. The Morgan fingerprint density at radius 3 is 2.15 bits per heavy atom. The Hall–Kier alpha value is -0.0800. The predicted molar refractivity (Wildman–Crippen MR) is 89.9 cm³/mol. The summed E-state index contributed by atoms with van der Waals surface area (Å²) in [5.41, 5.74) is 6.90. The lowest BCUT2D eigenvalue weighted by molar-refractivity contribution is 0.0617. The maximum absolute atomic E-state index is 6.48. The van der Waals surface area contributed by atoms with Crippen LogP contribution < -0.4 is 5.73 Å². The van der Waals surface area contributed by atoms with E-state index in [9.17, 15) is 0 Å². The minimum absolute atomic E-state index is 0.378. The minimum atomic E-state index is 0.378. The van der Waals surface area contributed by atoms with Gasteiger partial charge in [0.2, 0.25) is 0 Å². The van der Waals surface area contributed by atoms with Gasteiger partial charge in [-0.15, -0.1) is 0 Å². The molecule has 0 aliphatic heterocycles. The van der Waals surface area contributed by atoms with Gasteiger partial charge in [0.1, 0.15) is 0 Å². The number of nitrogens with two attached hydrogens (primary N) is 1. The standard InChI is InChI=1S/C18H38N2/c1-7-14(8-2)13-20(9-3)17-12-15(18(4,5)6)10-11-16(17)19/h14-17H,7-13,19H2,1-6H3. The van der Waals surface area contributed by atoms with Crippen molar-refractivity contribution < 1.29 is 0 Å². The molecule has 1 saturated carbocycles. The Morgan fingerprint density at radius 2 is 1.70 bits per heavy atom. The fourth-order valence-corrected chi connectivity index (χ4v) is 3.75. The first-order valence-electron chi connectivity index (χ1n) is 8.83. The third kappa shape index (κ3) is 4.73. The van der Waals surface area contributed by atoms with Crippen LogP contribution in [-0.2, 0) is 0 Å². The van der Waals surface area contributed by atoms with Crippen LogP contribution in [0.25, 0.3) is 0 Å². The number of rotatable bonds is 6. The molecule has 1 rings (SSSR count). The van der Waals surface area contributed by atoms with Crippen LogP contribution in [0.3, 0.4) is 0 Å². The van der Waals surface area contributed by atoms with Gasteiger partial charge in [0, 0.05) is 18.6 Å². The Bertz CT molecular complexity index is 265. The van der Waals surface area contributed by atoms with Gasteiger partial charge in [-0.05, 0) is 43.1 Å². The van der Waals surface area contributed by atoms with Crippen molar-refractivity contribution in [3.8, 4) is 0 Å². The lowest BCUT2D eigenvalue weighted by Crippen LogP contribution is -2.53. The van der Waals surface area contributed by atoms with Crippen molar-refractivity contribution in [1.82, 2.24) is 4.90 Å². The zero-order valence-electron chi connectivity index (χ0n) is 14.8. The fourth-order valence-electron chi connectivity index (χ4n) is 3.75. The molecular formula is C18H38N2. The Labute approximate surface area is 127 Å². The average molecular weight is 283 g/mol. The third-order valence-corrected chi connectivity index (χ3v) is 5.62. The van der Waals surface area contributed by atoms with Gasteiger partial charge in [-0.1, -0.05) is 54.4 Å². The zero-order chi connectivity index (χ0) is 15.3. The van der Waals surface area contributed by atoms with Crippen LogP contribution in [0.5, 0.6) is 0 Å². The second-order valence-electron chi connectivity index (χ2n) is 7.88. The van der Waals surface area contributed by atoms with E-state index in [0.717, 1.165) is 18.4 Å². The lowest BCUT2D eigenvalue weighted by Gasteiger charge is -2.45. The van der Waals surface area contributed by atoms with E-state index < -0.39 is 0 Å². The lowest BCUT2D eigenvalue weighted by atomic mass is 9.69. The molecule has 0 heterocycles. The highest BCUT2D eigenvalue weighted by Gasteiger charge is 2.36. The number of hydrogen-bond acceptors (Lipinski definition) is 2. The summed E-state index contributed by atoms with van der Waals surface area (Å²) >= 11 is 0. The van der Waals surface area contributed by atoms with Gasteiger partial charge in [0.25, 0.3) is 0 Å².